The number of anilines is 1. The highest BCUT2D eigenvalue weighted by molar-refractivity contribution is 7.99. The molecule has 4 aliphatic heterocycles. The predicted octanol–water partition coefficient (Wildman–Crippen LogP) is 5.01. The van der Waals surface area contributed by atoms with Crippen LogP contribution in [0.2, 0.25) is 5.02 Å². The Kier molecular flexibility index (Phi) is 10.1. The number of fused-ring (bicyclic) bond motifs is 5. The molecule has 4 heterocycles. The lowest BCUT2D eigenvalue weighted by Crippen LogP contribution is -2.62. The summed E-state index contributed by atoms with van der Waals surface area (Å²) < 4.78 is 29.2. The number of morpholine rings is 1. The maximum atomic E-state index is 13.8. The first-order valence-electron chi connectivity index (χ1n) is 19.6. The fourth-order valence-corrected chi connectivity index (χ4v) is 12.3. The van der Waals surface area contributed by atoms with Gasteiger partial charge in [0.1, 0.15) is 5.75 Å². The second-order valence-electron chi connectivity index (χ2n) is 17.2. The Morgan fingerprint density at radius 2 is 1.92 bits per heavy atom. The molecule has 9 nitrogen and oxygen atoms in total. The van der Waals surface area contributed by atoms with Crippen molar-refractivity contribution in [1.29, 1.82) is 0 Å². The number of hydrogen-bond donors (Lipinski definition) is 2. The first-order valence-corrected chi connectivity index (χ1v) is 21.9. The van der Waals surface area contributed by atoms with Crippen LogP contribution < -0.4 is 14.4 Å². The van der Waals surface area contributed by atoms with Crippen LogP contribution in [0, 0.1) is 23.7 Å². The normalized spacial score (nSPS) is 37.4. The molecule has 3 fully saturated rings. The number of β-amino-alcohol motifs (C(OH)–C–C–N with tert-alkyl or cyclic N) is 1. The number of hydrogen-bond acceptors (Lipinski definition) is 8. The molecule has 2 aliphatic carbocycles. The Labute approximate surface area is 315 Å². The lowest BCUT2D eigenvalue weighted by Gasteiger charge is -2.53. The summed E-state index contributed by atoms with van der Waals surface area (Å²) in [5.74, 6) is 5.39. The topological polar surface area (TPSA) is 94.6 Å². The van der Waals surface area contributed by atoms with Gasteiger partial charge < -0.3 is 19.5 Å². The van der Waals surface area contributed by atoms with Crippen LogP contribution in [0.15, 0.2) is 36.4 Å². The largest absolute Gasteiger partial charge is 0.490 e. The van der Waals surface area contributed by atoms with Crippen molar-refractivity contribution in [3.63, 3.8) is 0 Å². The number of nitrogens with zero attached hydrogens (tertiary/aromatic N) is 3. The van der Waals surface area contributed by atoms with Gasteiger partial charge in [0.05, 0.1) is 31.1 Å². The van der Waals surface area contributed by atoms with Gasteiger partial charge in [-0.15, -0.1) is 0 Å². The summed E-state index contributed by atoms with van der Waals surface area (Å²) in [7, 11) is -2.90. The fraction of sp³-hybridized carbons (Fsp3) is 0.659. The number of halogens is 1. The summed E-state index contributed by atoms with van der Waals surface area (Å²) in [5.41, 5.74) is 2.83. The number of ether oxygens (including phenoxy) is 2. The second-order valence-corrected chi connectivity index (χ2v) is 19.8. The summed E-state index contributed by atoms with van der Waals surface area (Å²) >= 11 is 6.51. The smallest absolute Gasteiger partial charge is 0.262 e. The second kappa shape index (κ2) is 14.4. The molecule has 6 aliphatic rings. The number of aliphatic hydroxyl groups is 1. The third-order valence-electron chi connectivity index (χ3n) is 13.7. The lowest BCUT2D eigenvalue weighted by molar-refractivity contribution is -0.121. The Morgan fingerprint density at radius 3 is 2.75 bits per heavy atom. The first-order chi connectivity index (χ1) is 24.9. The van der Waals surface area contributed by atoms with Crippen molar-refractivity contribution in [3.8, 4) is 5.75 Å². The van der Waals surface area contributed by atoms with E-state index < -0.39 is 15.3 Å². The maximum Gasteiger partial charge on any atom is 0.262 e. The van der Waals surface area contributed by atoms with Gasteiger partial charge in [0, 0.05) is 83.3 Å². The SMILES string of the molecule is C=S1(=O)C[C@@H](C)[C@@H](C)CC[C@@](O)(CN2CCN3CCOC[C@@H]3C2)[C@@H]2CC[C@H]2CN2C[C@@]3(CCCc4cc(Cl)ccc43)COc3ccc(cc32)C(=O)N1. The van der Waals surface area contributed by atoms with Crippen LogP contribution in [0.4, 0.5) is 5.69 Å². The summed E-state index contributed by atoms with van der Waals surface area (Å²) in [6, 6.07) is 12.3. The van der Waals surface area contributed by atoms with Crippen LogP contribution in [0.3, 0.4) is 0 Å². The summed E-state index contributed by atoms with van der Waals surface area (Å²) in [6.07, 6.45) is 6.60. The third-order valence-corrected chi connectivity index (χ3v) is 15.6. The van der Waals surface area contributed by atoms with Crippen molar-refractivity contribution in [1.82, 2.24) is 14.5 Å². The Morgan fingerprint density at radius 1 is 1.06 bits per heavy atom. The van der Waals surface area contributed by atoms with Gasteiger partial charge in [0.15, 0.2) is 0 Å². The quantitative estimate of drug-likeness (QED) is 0.414. The molecule has 2 aromatic carbocycles. The molecule has 2 saturated heterocycles. The van der Waals surface area contributed by atoms with E-state index in [0.717, 1.165) is 107 Å². The standard InChI is InChI=1S/C41H57ClN4O5S/c1-28-12-14-41(48,26-44-15-16-45-17-18-50-23-34(45)22-44)36-9-6-32(36)21-46-25-40(13-4-5-30-19-33(42)8-10-35(30)40)27-51-38-11-7-31(20-37(38)46)39(47)43-52(3,49)24-29(28)2/h7-8,10-11,19-20,28-29,32,34,36,48H,3-6,9,12-18,21-27H2,1-2H3,(H,43,47,49)/t28-,29+,32-,34-,36+,40-,41+,52?/m0/s1. The number of aryl methyl sites for hydroxylation is 1. The molecule has 8 rings (SSSR count). The molecule has 1 spiro atoms. The van der Waals surface area contributed by atoms with Gasteiger partial charge in [-0.25, -0.2) is 4.21 Å². The number of amides is 1. The van der Waals surface area contributed by atoms with Gasteiger partial charge in [-0.05, 0) is 116 Å². The van der Waals surface area contributed by atoms with E-state index in [9.17, 15) is 14.1 Å². The number of benzene rings is 2. The summed E-state index contributed by atoms with van der Waals surface area (Å²) in [4.78, 5) is 21.2. The zero-order chi connectivity index (χ0) is 36.3. The predicted molar refractivity (Wildman–Crippen MR) is 209 cm³/mol. The number of carbonyl (C=O) groups excluding carboxylic acids is 1. The number of piperazine rings is 1. The van der Waals surface area contributed by atoms with E-state index in [-0.39, 0.29) is 35.0 Å². The molecule has 2 aromatic rings. The van der Waals surface area contributed by atoms with Crippen LogP contribution in [-0.4, -0.2) is 114 Å². The van der Waals surface area contributed by atoms with Crippen LogP contribution >= 0.6 is 11.6 Å². The third kappa shape index (κ3) is 7.25. The van der Waals surface area contributed by atoms with Crippen LogP contribution in [-0.2, 0) is 26.3 Å². The van der Waals surface area contributed by atoms with E-state index in [1.165, 1.54) is 11.1 Å². The molecule has 11 heteroatoms. The van der Waals surface area contributed by atoms with E-state index in [4.69, 9.17) is 21.1 Å². The van der Waals surface area contributed by atoms with Gasteiger partial charge in [0.2, 0.25) is 0 Å². The molecule has 1 amide bonds. The van der Waals surface area contributed by atoms with Gasteiger partial charge in [-0.3, -0.25) is 19.3 Å². The van der Waals surface area contributed by atoms with Crippen molar-refractivity contribution in [2.24, 2.45) is 23.7 Å². The Balaban J connectivity index is 1.16. The zero-order valence-electron chi connectivity index (χ0n) is 31.0. The van der Waals surface area contributed by atoms with Crippen molar-refractivity contribution in [2.75, 3.05) is 76.3 Å². The monoisotopic (exact) mass is 752 g/mol. The Bertz CT molecular complexity index is 1770. The minimum Gasteiger partial charge on any atom is -0.490 e. The molecule has 2 N–H and O–H groups in total. The van der Waals surface area contributed by atoms with Gasteiger partial charge in [-0.2, -0.15) is 0 Å². The van der Waals surface area contributed by atoms with Crippen LogP contribution in [0.25, 0.3) is 0 Å². The molecule has 2 bridgehead atoms. The van der Waals surface area contributed by atoms with Gasteiger partial charge >= 0.3 is 0 Å². The maximum absolute atomic E-state index is 13.8. The molecule has 1 unspecified atom stereocenters. The van der Waals surface area contributed by atoms with Gasteiger partial charge in [0.25, 0.3) is 5.91 Å². The molecule has 0 radical (unpaired) electrons. The molecule has 8 atom stereocenters. The van der Waals surface area contributed by atoms with Crippen molar-refractivity contribution < 1.29 is 23.6 Å². The highest BCUT2D eigenvalue weighted by atomic mass is 35.5. The molecule has 1 saturated carbocycles. The molecular formula is C41H57ClN4O5S. The average molecular weight is 753 g/mol. The highest BCUT2D eigenvalue weighted by Gasteiger charge is 2.50. The number of nitrogens with one attached hydrogen (secondary N) is 1. The van der Waals surface area contributed by atoms with Crippen molar-refractivity contribution >= 4 is 38.8 Å². The minimum atomic E-state index is -2.90. The number of carbonyl (C=O) groups is 1. The van der Waals surface area contributed by atoms with E-state index in [0.29, 0.717) is 36.9 Å². The fourth-order valence-electron chi connectivity index (χ4n) is 10.4. The molecule has 0 aromatic heterocycles. The van der Waals surface area contributed by atoms with E-state index in [1.54, 1.807) is 6.07 Å². The zero-order valence-corrected chi connectivity index (χ0v) is 32.6. The van der Waals surface area contributed by atoms with E-state index in [2.05, 4.69) is 51.3 Å². The highest BCUT2D eigenvalue weighted by Crippen LogP contribution is 2.49. The summed E-state index contributed by atoms with van der Waals surface area (Å²) in [5, 5.41) is 13.8. The van der Waals surface area contributed by atoms with E-state index >= 15 is 0 Å². The van der Waals surface area contributed by atoms with Crippen molar-refractivity contribution in [3.05, 3.63) is 58.1 Å². The van der Waals surface area contributed by atoms with Crippen LogP contribution in [0.1, 0.15) is 73.9 Å². The molecule has 284 valence electrons. The van der Waals surface area contributed by atoms with Gasteiger partial charge in [-0.1, -0.05) is 31.5 Å². The summed E-state index contributed by atoms with van der Waals surface area (Å²) in [6.45, 7) is 12.4. The first kappa shape index (κ1) is 36.6. The Hall–Kier alpha value is -2.34. The van der Waals surface area contributed by atoms with Crippen molar-refractivity contribution in [2.45, 2.75) is 75.9 Å². The average Bonchev–Trinajstić information content (AvgIpc) is 3.24. The lowest BCUT2D eigenvalue weighted by atomic mass is 9.62. The van der Waals surface area contributed by atoms with E-state index in [1.807, 2.05) is 18.2 Å². The molecular weight excluding hydrogens is 696 g/mol. The molecule has 52 heavy (non-hydrogen) atoms. The number of rotatable bonds is 2. The van der Waals surface area contributed by atoms with Crippen LogP contribution in [0.5, 0.6) is 5.75 Å². The minimum absolute atomic E-state index is 0.0583.